The number of hydrogen-bond donors (Lipinski definition) is 3. The number of carbonyl (C=O) groups is 1. The van der Waals surface area contributed by atoms with Crippen LogP contribution in [0, 0.1) is 17.5 Å². The first-order valence-corrected chi connectivity index (χ1v) is 10.6. The molecule has 12 heteroatoms. The number of carbonyl (C=O) groups excluding carboxylic acids is 1. The maximum Gasteiger partial charge on any atom is 0.199 e. The maximum absolute atomic E-state index is 14.9. The summed E-state index contributed by atoms with van der Waals surface area (Å²) in [6, 6.07) is 4.77. The molecule has 0 aliphatic heterocycles. The number of halogens is 3. The van der Waals surface area contributed by atoms with Crippen LogP contribution in [-0.4, -0.2) is 44.1 Å². The summed E-state index contributed by atoms with van der Waals surface area (Å²) in [5, 5.41) is 2.93. The van der Waals surface area contributed by atoms with Crippen LogP contribution in [0.4, 0.5) is 19.0 Å². The number of nitrogens with two attached hydrogens (primary N) is 1. The Bertz CT molecular complexity index is 1180. The summed E-state index contributed by atoms with van der Waals surface area (Å²) in [7, 11) is 0. The third kappa shape index (κ3) is 5.46. The first-order chi connectivity index (χ1) is 15.3. The molecule has 0 saturated heterocycles. The molecule has 8 nitrogen and oxygen atoms in total. The molecule has 4 N–H and O–H groups in total. The lowest BCUT2D eigenvalue weighted by molar-refractivity contribution is 0.102. The molecule has 3 aromatic rings. The van der Waals surface area contributed by atoms with Gasteiger partial charge in [0.2, 0.25) is 0 Å². The monoisotopic (exact) mass is 466 g/mol. The highest BCUT2D eigenvalue weighted by molar-refractivity contribution is 7.77. The van der Waals surface area contributed by atoms with Gasteiger partial charge < -0.3 is 15.6 Å². The average Bonchev–Trinajstić information content (AvgIpc) is 2.77. The zero-order chi connectivity index (χ0) is 23.3. The van der Waals surface area contributed by atoms with Crippen LogP contribution in [-0.2, 0) is 17.7 Å². The fraction of sp³-hybridized carbons (Fsp3) is 0.250. The van der Waals surface area contributed by atoms with Crippen molar-refractivity contribution in [2.75, 3.05) is 25.0 Å². The molecule has 0 spiro atoms. The predicted octanol–water partition coefficient (Wildman–Crippen LogP) is 1.96. The summed E-state index contributed by atoms with van der Waals surface area (Å²) in [4.78, 5) is 21.4. The molecule has 0 bridgehead atoms. The summed E-state index contributed by atoms with van der Waals surface area (Å²) in [6.45, 7) is 0.784. The van der Waals surface area contributed by atoms with E-state index in [-0.39, 0.29) is 30.5 Å². The van der Waals surface area contributed by atoms with Crippen molar-refractivity contribution in [3.05, 3.63) is 64.6 Å². The number of anilines is 1. The summed E-state index contributed by atoms with van der Waals surface area (Å²) in [5.74, 6) is -4.81. The Labute approximate surface area is 183 Å². The third-order valence-electron chi connectivity index (χ3n) is 4.56. The van der Waals surface area contributed by atoms with Gasteiger partial charge in [0.15, 0.2) is 17.4 Å². The number of benzene rings is 2. The van der Waals surface area contributed by atoms with Crippen molar-refractivity contribution in [2.45, 2.75) is 12.8 Å². The molecule has 3 rings (SSSR count). The van der Waals surface area contributed by atoms with Crippen LogP contribution in [0.15, 0.2) is 30.5 Å². The molecule has 2 aromatic carbocycles. The van der Waals surface area contributed by atoms with E-state index >= 15 is 0 Å². The minimum Gasteiger partial charge on any atom is -0.760 e. The van der Waals surface area contributed by atoms with Crippen molar-refractivity contribution in [3.8, 4) is 0 Å². The molecule has 1 atom stereocenters. The zero-order valence-electron chi connectivity index (χ0n) is 16.7. The quantitative estimate of drug-likeness (QED) is 0.180. The van der Waals surface area contributed by atoms with Gasteiger partial charge in [-0.1, -0.05) is 0 Å². The highest BCUT2D eigenvalue weighted by Gasteiger charge is 2.25. The standard InChI is InChI=1S/C20H20F3N5O3S/c21-13-8-11(2-1-6-27-32(30)31)18(22)17(19(13)23)20(29)12-3-4-14-15(9-12)28-16(10-26-14)25-7-5-24/h3-4,8-10,27H,1-2,5-7,24H2,(H,25,28)(H,30,31)/p-1. The van der Waals surface area contributed by atoms with Gasteiger partial charge in [0.1, 0.15) is 11.6 Å². The topological polar surface area (TPSA) is 133 Å². The molecule has 0 amide bonds. The lowest BCUT2D eigenvalue weighted by Crippen LogP contribution is -2.18. The van der Waals surface area contributed by atoms with Crippen LogP contribution in [0.1, 0.15) is 27.9 Å². The molecule has 170 valence electrons. The van der Waals surface area contributed by atoms with Crippen LogP contribution in [0.2, 0.25) is 0 Å². The van der Waals surface area contributed by atoms with Gasteiger partial charge in [-0.25, -0.2) is 22.9 Å². The zero-order valence-corrected chi connectivity index (χ0v) is 17.5. The Morgan fingerprint density at radius 1 is 1.12 bits per heavy atom. The predicted molar refractivity (Wildman–Crippen MR) is 112 cm³/mol. The smallest absolute Gasteiger partial charge is 0.199 e. The Morgan fingerprint density at radius 3 is 2.62 bits per heavy atom. The average molecular weight is 466 g/mol. The second kappa shape index (κ2) is 10.6. The van der Waals surface area contributed by atoms with E-state index in [9.17, 15) is 26.7 Å². The number of hydrogen-bond acceptors (Lipinski definition) is 7. The van der Waals surface area contributed by atoms with Crippen molar-refractivity contribution in [3.63, 3.8) is 0 Å². The number of nitrogens with zero attached hydrogens (tertiary/aromatic N) is 2. The molecule has 0 radical (unpaired) electrons. The van der Waals surface area contributed by atoms with Gasteiger partial charge in [-0.05, 0) is 42.7 Å². The minimum absolute atomic E-state index is 0.0261. The highest BCUT2D eigenvalue weighted by Crippen LogP contribution is 2.25. The number of nitrogens with one attached hydrogen (secondary N) is 2. The van der Waals surface area contributed by atoms with Crippen molar-refractivity contribution in [2.24, 2.45) is 5.73 Å². The lowest BCUT2D eigenvalue weighted by atomic mass is 9.97. The summed E-state index contributed by atoms with van der Waals surface area (Å²) >= 11 is -2.49. The Kier molecular flexibility index (Phi) is 7.85. The van der Waals surface area contributed by atoms with E-state index in [1.807, 2.05) is 0 Å². The fourth-order valence-corrected chi connectivity index (χ4v) is 3.37. The molecule has 32 heavy (non-hydrogen) atoms. The van der Waals surface area contributed by atoms with Crippen LogP contribution < -0.4 is 15.8 Å². The second-order valence-corrected chi connectivity index (χ2v) is 7.51. The number of rotatable bonds is 10. The minimum atomic E-state index is -2.49. The van der Waals surface area contributed by atoms with Gasteiger partial charge >= 0.3 is 0 Å². The van der Waals surface area contributed by atoms with Crippen LogP contribution in [0.25, 0.3) is 11.0 Å². The summed E-state index contributed by atoms with van der Waals surface area (Å²) in [5.41, 5.74) is 4.82. The van der Waals surface area contributed by atoms with E-state index in [1.54, 1.807) is 0 Å². The molecule has 0 saturated carbocycles. The largest absolute Gasteiger partial charge is 0.760 e. The van der Waals surface area contributed by atoms with Gasteiger partial charge in [0, 0.05) is 36.5 Å². The van der Waals surface area contributed by atoms with Gasteiger partial charge in [-0.2, -0.15) is 0 Å². The summed E-state index contributed by atoms with van der Waals surface area (Å²) in [6.07, 6.45) is 1.50. The fourth-order valence-electron chi connectivity index (χ4n) is 3.05. The molecule has 0 fully saturated rings. The Morgan fingerprint density at radius 2 is 1.91 bits per heavy atom. The Hall–Kier alpha value is -2.93. The summed E-state index contributed by atoms with van der Waals surface area (Å²) < 4.78 is 66.5. The molecule has 0 aliphatic rings. The number of aromatic nitrogens is 2. The molecular formula is C20H19F3N5O3S-. The first kappa shape index (κ1) is 23.7. The van der Waals surface area contributed by atoms with E-state index in [0.717, 1.165) is 0 Å². The maximum atomic E-state index is 14.9. The first-order valence-electron chi connectivity index (χ1n) is 9.56. The van der Waals surface area contributed by atoms with Crippen molar-refractivity contribution < 1.29 is 26.7 Å². The number of ketones is 1. The van der Waals surface area contributed by atoms with Crippen molar-refractivity contribution in [1.82, 2.24) is 14.7 Å². The normalized spacial score (nSPS) is 12.2. The highest BCUT2D eigenvalue weighted by atomic mass is 32.2. The van der Waals surface area contributed by atoms with Gasteiger partial charge in [0.25, 0.3) is 0 Å². The van der Waals surface area contributed by atoms with Crippen LogP contribution in [0.3, 0.4) is 0 Å². The molecule has 0 aliphatic carbocycles. The number of aryl methyl sites for hydroxylation is 1. The van der Waals surface area contributed by atoms with Crippen LogP contribution in [0.5, 0.6) is 0 Å². The van der Waals surface area contributed by atoms with Gasteiger partial charge in [-0.15, -0.1) is 0 Å². The molecule has 1 aromatic heterocycles. The Balaban J connectivity index is 1.93. The van der Waals surface area contributed by atoms with Crippen molar-refractivity contribution in [1.29, 1.82) is 0 Å². The van der Waals surface area contributed by atoms with E-state index in [4.69, 9.17) is 5.73 Å². The van der Waals surface area contributed by atoms with Crippen LogP contribution >= 0.6 is 0 Å². The van der Waals surface area contributed by atoms with Crippen molar-refractivity contribution >= 4 is 33.9 Å². The molecule has 1 heterocycles. The SMILES string of the molecule is NCCNc1cnc2ccc(C(=O)c3c(F)c(F)cc(CCCNS(=O)[O-])c3F)cc2n1. The van der Waals surface area contributed by atoms with E-state index in [1.165, 1.54) is 24.4 Å². The lowest BCUT2D eigenvalue weighted by Gasteiger charge is -2.12. The number of fused-ring (bicyclic) bond motifs is 1. The van der Waals surface area contributed by atoms with E-state index in [0.29, 0.717) is 36.0 Å². The van der Waals surface area contributed by atoms with Gasteiger partial charge in [-0.3, -0.25) is 14.0 Å². The van der Waals surface area contributed by atoms with Gasteiger partial charge in [0.05, 0.1) is 22.8 Å². The second-order valence-electron chi connectivity index (χ2n) is 6.76. The third-order valence-corrected chi connectivity index (χ3v) is 5.00. The molecular weight excluding hydrogens is 447 g/mol. The van der Waals surface area contributed by atoms with E-state index in [2.05, 4.69) is 20.0 Å². The molecule has 1 unspecified atom stereocenters. The van der Waals surface area contributed by atoms with E-state index < -0.39 is 40.1 Å².